The number of hydrogen-bond acceptors (Lipinski definition) is 6. The number of rotatable bonds is 6. The van der Waals surface area contributed by atoms with Crippen LogP contribution in [0.5, 0.6) is 11.5 Å². The Morgan fingerprint density at radius 2 is 1.73 bits per heavy atom. The van der Waals surface area contributed by atoms with Gasteiger partial charge in [-0.15, -0.1) is 0 Å². The van der Waals surface area contributed by atoms with Crippen molar-refractivity contribution in [3.8, 4) is 11.5 Å². The summed E-state index contributed by atoms with van der Waals surface area (Å²) >= 11 is 3.33. The fraction of sp³-hybridized carbons (Fsp3) is 0.214. The van der Waals surface area contributed by atoms with Gasteiger partial charge in [-0.1, -0.05) is 28.1 Å². The molecule has 1 fully saturated rings. The van der Waals surface area contributed by atoms with E-state index in [2.05, 4.69) is 15.9 Å². The lowest BCUT2D eigenvalue weighted by Gasteiger charge is -2.20. The van der Waals surface area contributed by atoms with Crippen LogP contribution in [0.2, 0.25) is 0 Å². The van der Waals surface area contributed by atoms with E-state index in [0.29, 0.717) is 44.9 Å². The van der Waals surface area contributed by atoms with E-state index < -0.39 is 23.7 Å². The van der Waals surface area contributed by atoms with Crippen molar-refractivity contribution in [3.63, 3.8) is 0 Å². The van der Waals surface area contributed by atoms with E-state index in [-0.39, 0.29) is 24.6 Å². The SMILES string of the molecule is CCOc1ccccc1N1C[C@@H](C(=O)Oc2ccc(N3C(=O)c4ccc(Br)cc4C3=O)c(C)c2)CC1=O. The lowest BCUT2D eigenvalue weighted by molar-refractivity contribution is -0.139. The van der Waals surface area contributed by atoms with Crippen molar-refractivity contribution in [2.75, 3.05) is 23.0 Å². The highest BCUT2D eigenvalue weighted by Crippen LogP contribution is 2.35. The number of halogens is 1. The number of benzene rings is 3. The summed E-state index contributed by atoms with van der Waals surface area (Å²) in [5.41, 5.74) is 2.29. The Hall–Kier alpha value is -3.98. The molecule has 0 N–H and O–H groups in total. The van der Waals surface area contributed by atoms with Gasteiger partial charge in [0.05, 0.1) is 35.0 Å². The number of nitrogens with zero attached hydrogens (tertiary/aromatic N) is 2. The summed E-state index contributed by atoms with van der Waals surface area (Å²) in [6.45, 7) is 4.24. The molecule has 0 spiro atoms. The largest absolute Gasteiger partial charge is 0.492 e. The zero-order valence-corrected chi connectivity index (χ0v) is 21.8. The van der Waals surface area contributed by atoms with Gasteiger partial charge in [0, 0.05) is 17.4 Å². The summed E-state index contributed by atoms with van der Waals surface area (Å²) in [5, 5.41) is 0. The highest BCUT2D eigenvalue weighted by atomic mass is 79.9. The van der Waals surface area contributed by atoms with Crippen LogP contribution in [0.4, 0.5) is 11.4 Å². The predicted octanol–water partition coefficient (Wildman–Crippen LogP) is 4.92. The molecule has 8 nitrogen and oxygen atoms in total. The fourth-order valence-corrected chi connectivity index (χ4v) is 4.99. The third kappa shape index (κ3) is 4.51. The molecule has 1 atom stereocenters. The van der Waals surface area contributed by atoms with Crippen LogP contribution in [0, 0.1) is 12.8 Å². The van der Waals surface area contributed by atoms with Crippen molar-refractivity contribution in [2.24, 2.45) is 5.92 Å². The number of carbonyl (C=O) groups excluding carboxylic acids is 4. The maximum atomic E-state index is 12.9. The highest BCUT2D eigenvalue weighted by Gasteiger charge is 2.39. The third-order valence-electron chi connectivity index (χ3n) is 6.39. The quantitative estimate of drug-likeness (QED) is 0.240. The number of aryl methyl sites for hydroxylation is 1. The number of amides is 3. The molecule has 1 saturated heterocycles. The molecular weight excluding hydrogens is 540 g/mol. The van der Waals surface area contributed by atoms with Crippen molar-refractivity contribution < 1.29 is 28.7 Å². The summed E-state index contributed by atoms with van der Waals surface area (Å²) < 4.78 is 11.9. The second kappa shape index (κ2) is 9.82. The van der Waals surface area contributed by atoms with Crippen LogP contribution >= 0.6 is 15.9 Å². The van der Waals surface area contributed by atoms with E-state index in [1.54, 1.807) is 60.4 Å². The van der Waals surface area contributed by atoms with E-state index in [1.807, 2.05) is 19.1 Å². The van der Waals surface area contributed by atoms with Crippen molar-refractivity contribution >= 4 is 51.0 Å². The minimum atomic E-state index is -0.642. The Labute approximate surface area is 221 Å². The monoisotopic (exact) mass is 562 g/mol. The molecular formula is C28H23BrN2O6. The van der Waals surface area contributed by atoms with Gasteiger partial charge in [-0.2, -0.15) is 0 Å². The highest BCUT2D eigenvalue weighted by molar-refractivity contribution is 9.10. The zero-order valence-electron chi connectivity index (χ0n) is 20.2. The van der Waals surface area contributed by atoms with E-state index in [4.69, 9.17) is 9.47 Å². The number of imide groups is 1. The summed E-state index contributed by atoms with van der Waals surface area (Å²) in [6, 6.07) is 16.9. The van der Waals surface area contributed by atoms with Gasteiger partial charge in [-0.3, -0.25) is 19.2 Å². The molecule has 0 bridgehead atoms. The van der Waals surface area contributed by atoms with Gasteiger partial charge in [-0.25, -0.2) is 4.90 Å². The van der Waals surface area contributed by atoms with E-state index in [0.717, 1.165) is 4.90 Å². The molecule has 2 aliphatic rings. The normalized spacial score (nSPS) is 16.8. The first-order valence-electron chi connectivity index (χ1n) is 11.8. The first kappa shape index (κ1) is 24.7. The van der Waals surface area contributed by atoms with Crippen LogP contribution < -0.4 is 19.3 Å². The average molecular weight is 563 g/mol. The van der Waals surface area contributed by atoms with Crippen LogP contribution in [0.1, 0.15) is 39.6 Å². The van der Waals surface area contributed by atoms with E-state index in [9.17, 15) is 19.2 Å². The zero-order chi connectivity index (χ0) is 26.3. The molecule has 0 saturated carbocycles. The van der Waals surface area contributed by atoms with Crippen LogP contribution in [0.25, 0.3) is 0 Å². The van der Waals surface area contributed by atoms with Crippen LogP contribution in [0.15, 0.2) is 65.1 Å². The van der Waals surface area contributed by atoms with E-state index in [1.165, 1.54) is 0 Å². The number of esters is 1. The van der Waals surface area contributed by atoms with Gasteiger partial charge in [0.2, 0.25) is 5.91 Å². The fourth-order valence-electron chi connectivity index (χ4n) is 4.63. The molecule has 2 aliphatic heterocycles. The minimum absolute atomic E-state index is 0.0287. The Balaban J connectivity index is 1.30. The van der Waals surface area contributed by atoms with Crippen LogP contribution in [0.3, 0.4) is 0 Å². The van der Waals surface area contributed by atoms with Gasteiger partial charge in [0.15, 0.2) is 0 Å². The van der Waals surface area contributed by atoms with Gasteiger partial charge in [0.25, 0.3) is 11.8 Å². The first-order valence-corrected chi connectivity index (χ1v) is 12.6. The minimum Gasteiger partial charge on any atom is -0.492 e. The molecule has 3 aromatic rings. The Kier molecular flexibility index (Phi) is 6.55. The molecule has 3 amide bonds. The maximum absolute atomic E-state index is 12.9. The Bertz CT molecular complexity index is 1450. The number of carbonyl (C=O) groups is 4. The summed E-state index contributed by atoms with van der Waals surface area (Å²) in [6.07, 6.45) is 0.0287. The summed E-state index contributed by atoms with van der Waals surface area (Å²) in [4.78, 5) is 54.2. The Morgan fingerprint density at radius 3 is 2.49 bits per heavy atom. The van der Waals surface area contributed by atoms with Crippen LogP contribution in [-0.4, -0.2) is 36.8 Å². The van der Waals surface area contributed by atoms with Gasteiger partial charge in [0.1, 0.15) is 11.5 Å². The van der Waals surface area contributed by atoms with Gasteiger partial charge in [-0.05, 0) is 67.9 Å². The van der Waals surface area contributed by atoms with Crippen LogP contribution in [-0.2, 0) is 9.59 Å². The molecule has 37 heavy (non-hydrogen) atoms. The number of hydrogen-bond donors (Lipinski definition) is 0. The second-order valence-corrected chi connectivity index (χ2v) is 9.73. The van der Waals surface area contributed by atoms with Crippen molar-refractivity contribution in [2.45, 2.75) is 20.3 Å². The number of ether oxygens (including phenoxy) is 2. The first-order chi connectivity index (χ1) is 17.8. The standard InChI is InChI=1S/C28H23BrN2O6/c1-3-36-24-7-5-4-6-23(24)30-15-17(13-25(30)32)28(35)37-19-9-11-22(16(2)12-19)31-26(33)20-10-8-18(29)14-21(20)27(31)34/h4-12,14,17H,3,13,15H2,1-2H3/t17-/m0/s1. The lowest BCUT2D eigenvalue weighted by Crippen LogP contribution is -2.30. The van der Waals surface area contributed by atoms with E-state index >= 15 is 0 Å². The molecule has 0 aliphatic carbocycles. The predicted molar refractivity (Wildman–Crippen MR) is 140 cm³/mol. The molecule has 0 radical (unpaired) electrons. The number of fused-ring (bicyclic) bond motifs is 1. The molecule has 2 heterocycles. The molecule has 5 rings (SSSR count). The molecule has 3 aromatic carbocycles. The van der Waals surface area contributed by atoms with Crippen molar-refractivity contribution in [1.82, 2.24) is 0 Å². The summed E-state index contributed by atoms with van der Waals surface area (Å²) in [5.74, 6) is -1.31. The molecule has 9 heteroatoms. The smallest absolute Gasteiger partial charge is 0.316 e. The van der Waals surface area contributed by atoms with Crippen molar-refractivity contribution in [1.29, 1.82) is 0 Å². The number of anilines is 2. The molecule has 0 aromatic heterocycles. The average Bonchev–Trinajstić information content (AvgIpc) is 3.37. The second-order valence-electron chi connectivity index (χ2n) is 8.81. The number of para-hydroxylation sites is 2. The Morgan fingerprint density at radius 1 is 0.973 bits per heavy atom. The third-order valence-corrected chi connectivity index (χ3v) is 6.88. The lowest BCUT2D eigenvalue weighted by atomic mass is 10.1. The molecule has 0 unspecified atom stereocenters. The van der Waals surface area contributed by atoms with Gasteiger partial charge < -0.3 is 14.4 Å². The maximum Gasteiger partial charge on any atom is 0.316 e. The van der Waals surface area contributed by atoms with Crippen molar-refractivity contribution in [3.05, 3.63) is 81.8 Å². The van der Waals surface area contributed by atoms with Gasteiger partial charge >= 0.3 is 5.97 Å². The molecule has 188 valence electrons. The topological polar surface area (TPSA) is 93.2 Å². The summed E-state index contributed by atoms with van der Waals surface area (Å²) in [7, 11) is 0.